The molecule has 0 aliphatic heterocycles. The summed E-state index contributed by atoms with van der Waals surface area (Å²) in [5.41, 5.74) is 2.09. The van der Waals surface area contributed by atoms with Crippen LogP contribution in [0.4, 0.5) is 4.79 Å². The molecule has 3 amide bonds. The Hall–Kier alpha value is -3.35. The van der Waals surface area contributed by atoms with Crippen LogP contribution in [0.5, 0.6) is 0 Å². The van der Waals surface area contributed by atoms with Gasteiger partial charge in [0.15, 0.2) is 0 Å². The monoisotopic (exact) mass is 593 g/mol. The molecule has 0 spiro atoms. The Bertz CT molecular complexity index is 1130. The van der Waals surface area contributed by atoms with Crippen LogP contribution in [0.1, 0.15) is 110 Å². The predicted molar refractivity (Wildman–Crippen MR) is 175 cm³/mol. The molecule has 43 heavy (non-hydrogen) atoms. The molecule has 0 saturated carbocycles. The molecule has 238 valence electrons. The minimum Gasteiger partial charge on any atom is -0.444 e. The van der Waals surface area contributed by atoms with E-state index in [0.717, 1.165) is 55.2 Å². The highest BCUT2D eigenvalue weighted by atomic mass is 16.6. The summed E-state index contributed by atoms with van der Waals surface area (Å²) in [6.07, 6.45) is 5.04. The fourth-order valence-corrected chi connectivity index (χ4v) is 5.05. The van der Waals surface area contributed by atoms with E-state index in [-0.39, 0.29) is 24.3 Å². The summed E-state index contributed by atoms with van der Waals surface area (Å²) in [7, 11) is 0. The summed E-state index contributed by atoms with van der Waals surface area (Å²) in [5, 5.41) is 5.98. The Morgan fingerprint density at radius 2 is 1.51 bits per heavy atom. The van der Waals surface area contributed by atoms with Gasteiger partial charge in [0.2, 0.25) is 11.8 Å². The zero-order valence-electron chi connectivity index (χ0n) is 27.7. The molecule has 0 heterocycles. The van der Waals surface area contributed by atoms with Gasteiger partial charge in [0, 0.05) is 19.0 Å². The SMILES string of the molecule is CCCCCNC(=O)C(c1ccc(CC)cc1)N(C(=O)C(Cc1ccccc1)NC(=O)OC(C)(C)C)C(C)CCC(C)C. The second kappa shape index (κ2) is 17.7. The summed E-state index contributed by atoms with van der Waals surface area (Å²) in [4.78, 5) is 43.5. The highest BCUT2D eigenvalue weighted by Crippen LogP contribution is 2.28. The maximum absolute atomic E-state index is 14.7. The topological polar surface area (TPSA) is 87.7 Å². The molecule has 0 fully saturated rings. The van der Waals surface area contributed by atoms with Gasteiger partial charge in [-0.05, 0) is 76.0 Å². The van der Waals surface area contributed by atoms with Crippen molar-refractivity contribution in [3.8, 4) is 0 Å². The number of unbranched alkanes of at least 4 members (excludes halogenated alkanes) is 2. The Balaban J connectivity index is 2.60. The highest BCUT2D eigenvalue weighted by Gasteiger charge is 2.39. The van der Waals surface area contributed by atoms with Crippen molar-refractivity contribution in [1.82, 2.24) is 15.5 Å². The van der Waals surface area contributed by atoms with Gasteiger partial charge >= 0.3 is 6.09 Å². The van der Waals surface area contributed by atoms with Crippen molar-refractivity contribution in [3.05, 3.63) is 71.3 Å². The van der Waals surface area contributed by atoms with Crippen LogP contribution in [0.2, 0.25) is 0 Å². The van der Waals surface area contributed by atoms with E-state index in [1.54, 1.807) is 25.7 Å². The number of nitrogens with zero attached hydrogens (tertiary/aromatic N) is 1. The summed E-state index contributed by atoms with van der Waals surface area (Å²) in [5.74, 6) is -0.0790. The van der Waals surface area contributed by atoms with Crippen LogP contribution in [0.3, 0.4) is 0 Å². The van der Waals surface area contributed by atoms with Gasteiger partial charge in [-0.3, -0.25) is 9.59 Å². The normalized spacial score (nSPS) is 13.6. The zero-order chi connectivity index (χ0) is 32.0. The molecule has 7 nitrogen and oxygen atoms in total. The quantitative estimate of drug-likeness (QED) is 0.199. The summed E-state index contributed by atoms with van der Waals surface area (Å²) in [6, 6.07) is 15.5. The lowest BCUT2D eigenvalue weighted by Crippen LogP contribution is -2.56. The molecule has 2 aromatic rings. The molecule has 0 aliphatic rings. The first kappa shape index (κ1) is 35.8. The van der Waals surface area contributed by atoms with Crippen LogP contribution in [-0.2, 0) is 27.2 Å². The molecule has 0 radical (unpaired) electrons. The minimum atomic E-state index is -0.927. The minimum absolute atomic E-state index is 0.208. The molecule has 2 rings (SSSR count). The summed E-state index contributed by atoms with van der Waals surface area (Å²) < 4.78 is 5.57. The van der Waals surface area contributed by atoms with Crippen LogP contribution in [0, 0.1) is 5.92 Å². The molecule has 2 N–H and O–H groups in total. The van der Waals surface area contributed by atoms with E-state index >= 15 is 0 Å². The largest absolute Gasteiger partial charge is 0.444 e. The predicted octanol–water partition coefficient (Wildman–Crippen LogP) is 7.39. The third kappa shape index (κ3) is 12.4. The average molecular weight is 594 g/mol. The van der Waals surface area contributed by atoms with Crippen LogP contribution in [-0.4, -0.2) is 47.0 Å². The number of aryl methyl sites for hydroxylation is 1. The van der Waals surface area contributed by atoms with E-state index in [2.05, 4.69) is 38.3 Å². The molecular weight excluding hydrogens is 538 g/mol. The maximum Gasteiger partial charge on any atom is 0.408 e. The van der Waals surface area contributed by atoms with E-state index in [1.165, 1.54) is 0 Å². The molecule has 2 aromatic carbocycles. The van der Waals surface area contributed by atoms with Gasteiger partial charge in [-0.15, -0.1) is 0 Å². The Labute approximate surface area is 260 Å². The van der Waals surface area contributed by atoms with E-state index < -0.39 is 23.8 Å². The van der Waals surface area contributed by atoms with E-state index in [0.29, 0.717) is 12.5 Å². The van der Waals surface area contributed by atoms with Gasteiger partial charge in [0.1, 0.15) is 17.7 Å². The zero-order valence-corrected chi connectivity index (χ0v) is 27.7. The standard InChI is InChI=1S/C36H55N3O4/c1-9-11-15-24-37-33(40)32(30-22-20-28(10-2)21-23-30)39(27(5)19-18-26(3)4)34(41)31(25-29-16-13-12-14-17-29)38-35(42)43-36(6,7)8/h12-14,16-17,20-23,26-27,31-32H,9-11,15,18-19,24-25H2,1-8H3,(H,37,40)(H,38,42). The first-order valence-electron chi connectivity index (χ1n) is 16.1. The summed E-state index contributed by atoms with van der Waals surface area (Å²) >= 11 is 0. The lowest BCUT2D eigenvalue weighted by atomic mass is 9.95. The second-order valence-corrected chi connectivity index (χ2v) is 13.0. The first-order valence-corrected chi connectivity index (χ1v) is 16.1. The van der Waals surface area contributed by atoms with Crippen molar-refractivity contribution < 1.29 is 19.1 Å². The van der Waals surface area contributed by atoms with Gasteiger partial charge in [-0.25, -0.2) is 4.79 Å². The fourth-order valence-electron chi connectivity index (χ4n) is 5.05. The van der Waals surface area contributed by atoms with Gasteiger partial charge < -0.3 is 20.3 Å². The number of benzene rings is 2. The molecule has 0 aliphatic carbocycles. The fraction of sp³-hybridized carbons (Fsp3) is 0.583. The third-order valence-electron chi connectivity index (χ3n) is 7.47. The van der Waals surface area contributed by atoms with Crippen molar-refractivity contribution in [2.75, 3.05) is 6.54 Å². The molecule has 0 aromatic heterocycles. The van der Waals surface area contributed by atoms with Crippen molar-refractivity contribution >= 4 is 17.9 Å². The Morgan fingerprint density at radius 1 is 0.860 bits per heavy atom. The number of nitrogens with one attached hydrogen (secondary N) is 2. The molecule has 3 unspecified atom stereocenters. The van der Waals surface area contributed by atoms with Crippen molar-refractivity contribution in [2.45, 2.75) is 124 Å². The molecule has 0 bridgehead atoms. The Kier molecular flexibility index (Phi) is 14.7. The van der Waals surface area contributed by atoms with E-state index in [4.69, 9.17) is 4.74 Å². The van der Waals surface area contributed by atoms with Crippen LogP contribution >= 0.6 is 0 Å². The van der Waals surface area contributed by atoms with E-state index in [1.807, 2.05) is 61.5 Å². The smallest absolute Gasteiger partial charge is 0.408 e. The lowest BCUT2D eigenvalue weighted by Gasteiger charge is -2.39. The van der Waals surface area contributed by atoms with Crippen molar-refractivity contribution in [1.29, 1.82) is 0 Å². The number of amides is 3. The number of alkyl carbamates (subject to hydrolysis) is 1. The molecule has 7 heteroatoms. The number of ether oxygens (including phenoxy) is 1. The maximum atomic E-state index is 14.7. The molecular formula is C36H55N3O4. The second-order valence-electron chi connectivity index (χ2n) is 13.0. The average Bonchev–Trinajstić information content (AvgIpc) is 2.95. The number of carbonyl (C=O) groups is 3. The number of rotatable bonds is 16. The molecule has 0 saturated heterocycles. The highest BCUT2D eigenvalue weighted by molar-refractivity contribution is 5.92. The van der Waals surface area contributed by atoms with Crippen LogP contribution in [0.15, 0.2) is 54.6 Å². The van der Waals surface area contributed by atoms with Gasteiger partial charge in [-0.1, -0.05) is 95.1 Å². The first-order chi connectivity index (χ1) is 20.4. The van der Waals surface area contributed by atoms with Gasteiger partial charge in [0.25, 0.3) is 0 Å². The Morgan fingerprint density at radius 3 is 2.07 bits per heavy atom. The lowest BCUT2D eigenvalue weighted by molar-refractivity contribution is -0.145. The van der Waals surface area contributed by atoms with Gasteiger partial charge in [0.05, 0.1) is 0 Å². The van der Waals surface area contributed by atoms with Gasteiger partial charge in [-0.2, -0.15) is 0 Å². The number of hydrogen-bond acceptors (Lipinski definition) is 4. The van der Waals surface area contributed by atoms with Crippen LogP contribution < -0.4 is 10.6 Å². The summed E-state index contributed by atoms with van der Waals surface area (Å²) in [6.45, 7) is 16.5. The van der Waals surface area contributed by atoms with E-state index in [9.17, 15) is 14.4 Å². The van der Waals surface area contributed by atoms with Crippen molar-refractivity contribution in [2.24, 2.45) is 5.92 Å². The number of hydrogen-bond donors (Lipinski definition) is 2. The van der Waals surface area contributed by atoms with Crippen molar-refractivity contribution in [3.63, 3.8) is 0 Å². The number of carbonyl (C=O) groups excluding carboxylic acids is 3. The van der Waals surface area contributed by atoms with Crippen LogP contribution in [0.25, 0.3) is 0 Å². The third-order valence-corrected chi connectivity index (χ3v) is 7.47. The molecule has 3 atom stereocenters.